The van der Waals surface area contributed by atoms with E-state index in [4.69, 9.17) is 0 Å². The van der Waals surface area contributed by atoms with E-state index in [1.54, 1.807) is 11.3 Å². The highest BCUT2D eigenvalue weighted by atomic mass is 32.1. The summed E-state index contributed by atoms with van der Waals surface area (Å²) in [6.45, 7) is 2.15. The van der Waals surface area contributed by atoms with Crippen molar-refractivity contribution in [2.75, 3.05) is 0 Å². The largest absolute Gasteiger partial charge is 0.294 e. The minimum absolute atomic E-state index is 0.254. The van der Waals surface area contributed by atoms with E-state index in [0.29, 0.717) is 6.42 Å². The molecule has 0 saturated heterocycles. The van der Waals surface area contributed by atoms with Crippen LogP contribution in [0.1, 0.15) is 53.4 Å². The van der Waals surface area contributed by atoms with E-state index in [9.17, 15) is 4.79 Å². The molecule has 0 aliphatic rings. The second kappa shape index (κ2) is 7.81. The van der Waals surface area contributed by atoms with Gasteiger partial charge in [0.05, 0.1) is 0 Å². The average molecular weight is 284 g/mol. The van der Waals surface area contributed by atoms with Crippen molar-refractivity contribution in [3.63, 3.8) is 0 Å². The van der Waals surface area contributed by atoms with Crippen molar-refractivity contribution in [3.8, 4) is 0 Å². The smallest absolute Gasteiger partial charge is 0.162 e. The van der Waals surface area contributed by atoms with Gasteiger partial charge in [0, 0.05) is 16.9 Å². The Morgan fingerprint density at radius 2 is 2.05 bits per heavy atom. The Kier molecular flexibility index (Phi) is 5.75. The van der Waals surface area contributed by atoms with Crippen LogP contribution in [0.2, 0.25) is 0 Å². The van der Waals surface area contributed by atoms with Crippen LogP contribution < -0.4 is 0 Å². The number of carbonyl (C=O) groups excluding carboxylic acids is 1. The van der Waals surface area contributed by atoms with E-state index in [0.717, 1.165) is 30.4 Å². The number of hydrogen-bond acceptors (Lipinski definition) is 2. The third-order valence-corrected chi connectivity index (χ3v) is 4.04. The quantitative estimate of drug-likeness (QED) is 0.472. The molecule has 1 aromatic heterocycles. The van der Waals surface area contributed by atoms with Crippen molar-refractivity contribution < 1.29 is 4.79 Å². The molecule has 2 aromatic rings. The maximum Gasteiger partial charge on any atom is 0.162 e. The van der Waals surface area contributed by atoms with Gasteiger partial charge in [-0.15, -0.1) is 11.3 Å². The van der Waals surface area contributed by atoms with Crippen LogP contribution in [0.3, 0.4) is 0 Å². The minimum Gasteiger partial charge on any atom is -0.294 e. The molecule has 0 bridgehead atoms. The van der Waals surface area contributed by atoms with Gasteiger partial charge < -0.3 is 0 Å². The monoisotopic (exact) mass is 284 g/mol. The molecule has 0 amide bonds. The average Bonchev–Trinajstić information content (AvgIpc) is 2.99. The molecular weight excluding hydrogens is 264 g/mol. The van der Waals surface area contributed by atoms with Crippen LogP contribution in [0.15, 0.2) is 41.8 Å². The third kappa shape index (κ3) is 4.46. The highest BCUT2D eigenvalue weighted by Crippen LogP contribution is 2.15. The maximum atomic E-state index is 12.1. The molecule has 2 rings (SSSR count). The van der Waals surface area contributed by atoms with Crippen molar-refractivity contribution in [2.45, 2.75) is 32.6 Å². The van der Waals surface area contributed by atoms with Crippen LogP contribution in [-0.4, -0.2) is 5.78 Å². The molecule has 0 aliphatic carbocycles. The molecule has 0 N–H and O–H groups in total. The molecule has 0 spiro atoms. The van der Waals surface area contributed by atoms with Gasteiger partial charge in [0.2, 0.25) is 0 Å². The van der Waals surface area contributed by atoms with Gasteiger partial charge in [-0.25, -0.2) is 0 Å². The van der Waals surface area contributed by atoms with E-state index >= 15 is 0 Å². The molecule has 0 radical (unpaired) electrons. The Hall–Kier alpha value is -1.67. The van der Waals surface area contributed by atoms with Gasteiger partial charge in [0.25, 0.3) is 0 Å². The zero-order valence-electron chi connectivity index (χ0n) is 11.8. The summed E-state index contributed by atoms with van der Waals surface area (Å²) in [4.78, 5) is 13.3. The number of unbranched alkanes of at least 4 members (excludes halogenated alkanes) is 2. The standard InChI is InChI=1S/C18H20OS/c1-2-3-4-10-18(19)16-8-5-7-15(14-16)11-12-17-9-6-13-20-17/h5-9,11-14H,2-4,10H2,1H3. The molecule has 0 fully saturated rings. The summed E-state index contributed by atoms with van der Waals surface area (Å²) in [6, 6.07) is 12.0. The van der Waals surface area contributed by atoms with Gasteiger partial charge in [-0.2, -0.15) is 0 Å². The molecular formula is C18H20OS. The number of ketones is 1. The SMILES string of the molecule is CCCCCC(=O)c1cccc(C=Cc2cccs2)c1. The van der Waals surface area contributed by atoms with Crippen molar-refractivity contribution in [1.82, 2.24) is 0 Å². The summed E-state index contributed by atoms with van der Waals surface area (Å²) in [5, 5.41) is 2.06. The lowest BCUT2D eigenvalue weighted by atomic mass is 10.0. The first kappa shape index (κ1) is 14.7. The number of Topliss-reactive ketones (excluding diaryl/α,β-unsaturated/α-hetero) is 1. The number of thiophene rings is 1. The fourth-order valence-corrected chi connectivity index (χ4v) is 2.68. The Labute approximate surface area is 125 Å². The molecule has 1 heterocycles. The van der Waals surface area contributed by atoms with Gasteiger partial charge in [-0.1, -0.05) is 50.1 Å². The lowest BCUT2D eigenvalue weighted by Gasteiger charge is -2.02. The fourth-order valence-electron chi connectivity index (χ4n) is 2.06. The second-order valence-electron chi connectivity index (χ2n) is 4.85. The number of rotatable bonds is 7. The summed E-state index contributed by atoms with van der Waals surface area (Å²) < 4.78 is 0. The fraction of sp³-hybridized carbons (Fsp3) is 0.278. The van der Waals surface area contributed by atoms with Crippen molar-refractivity contribution in [2.24, 2.45) is 0 Å². The van der Waals surface area contributed by atoms with E-state index in [1.807, 2.05) is 30.3 Å². The summed E-state index contributed by atoms with van der Waals surface area (Å²) in [7, 11) is 0. The lowest BCUT2D eigenvalue weighted by Crippen LogP contribution is -1.98. The molecule has 0 saturated carbocycles. The van der Waals surface area contributed by atoms with Crippen LogP contribution in [0.25, 0.3) is 12.2 Å². The molecule has 1 nitrogen and oxygen atoms in total. The topological polar surface area (TPSA) is 17.1 Å². The summed E-state index contributed by atoms with van der Waals surface area (Å²) in [6.07, 6.45) is 8.08. The Balaban J connectivity index is 2.02. The molecule has 2 heteroatoms. The van der Waals surface area contributed by atoms with Gasteiger partial charge in [-0.3, -0.25) is 4.79 Å². The van der Waals surface area contributed by atoms with Crippen molar-refractivity contribution in [3.05, 3.63) is 57.8 Å². The van der Waals surface area contributed by atoms with Gasteiger partial charge >= 0.3 is 0 Å². The Morgan fingerprint density at radius 1 is 1.15 bits per heavy atom. The van der Waals surface area contributed by atoms with Crippen LogP contribution in [0.5, 0.6) is 0 Å². The van der Waals surface area contributed by atoms with Crippen LogP contribution >= 0.6 is 11.3 Å². The molecule has 0 atom stereocenters. The van der Waals surface area contributed by atoms with Gasteiger partial charge in [0.1, 0.15) is 0 Å². The number of benzene rings is 1. The van der Waals surface area contributed by atoms with E-state index in [-0.39, 0.29) is 5.78 Å². The number of carbonyl (C=O) groups is 1. The predicted octanol–water partition coefficient (Wildman–Crippen LogP) is 5.68. The zero-order valence-corrected chi connectivity index (χ0v) is 12.7. The van der Waals surface area contributed by atoms with E-state index in [2.05, 4.69) is 30.5 Å². The van der Waals surface area contributed by atoms with Crippen LogP contribution in [0.4, 0.5) is 0 Å². The molecule has 1 aromatic carbocycles. The van der Waals surface area contributed by atoms with Crippen molar-refractivity contribution in [1.29, 1.82) is 0 Å². The first-order valence-electron chi connectivity index (χ1n) is 7.14. The minimum atomic E-state index is 0.254. The third-order valence-electron chi connectivity index (χ3n) is 3.20. The zero-order chi connectivity index (χ0) is 14.2. The molecule has 0 aliphatic heterocycles. The summed E-state index contributed by atoms with van der Waals surface area (Å²) in [5.41, 5.74) is 1.91. The Morgan fingerprint density at radius 3 is 2.80 bits per heavy atom. The first-order chi connectivity index (χ1) is 9.79. The lowest BCUT2D eigenvalue weighted by molar-refractivity contribution is 0.0979. The van der Waals surface area contributed by atoms with Gasteiger partial charge in [0.15, 0.2) is 5.78 Å². The highest BCUT2D eigenvalue weighted by Gasteiger charge is 2.05. The van der Waals surface area contributed by atoms with Crippen LogP contribution in [-0.2, 0) is 0 Å². The van der Waals surface area contributed by atoms with Gasteiger partial charge in [-0.05, 0) is 35.6 Å². The van der Waals surface area contributed by atoms with E-state index < -0.39 is 0 Å². The summed E-state index contributed by atoms with van der Waals surface area (Å²) >= 11 is 1.71. The predicted molar refractivity (Wildman–Crippen MR) is 88.2 cm³/mol. The first-order valence-corrected chi connectivity index (χ1v) is 8.02. The molecule has 20 heavy (non-hydrogen) atoms. The normalized spacial score (nSPS) is 11.1. The molecule has 0 unspecified atom stereocenters. The summed E-state index contributed by atoms with van der Waals surface area (Å²) in [5.74, 6) is 0.254. The van der Waals surface area contributed by atoms with Crippen molar-refractivity contribution >= 4 is 29.3 Å². The van der Waals surface area contributed by atoms with E-state index in [1.165, 1.54) is 4.88 Å². The highest BCUT2D eigenvalue weighted by molar-refractivity contribution is 7.10. The number of hydrogen-bond donors (Lipinski definition) is 0. The molecule has 104 valence electrons. The maximum absolute atomic E-state index is 12.1. The Bertz CT molecular complexity index is 567. The van der Waals surface area contributed by atoms with Crippen LogP contribution in [0, 0.1) is 0 Å². The second-order valence-corrected chi connectivity index (χ2v) is 5.83.